The van der Waals surface area contributed by atoms with Gasteiger partial charge in [0, 0.05) is 53.1 Å². The Morgan fingerprint density at radius 3 is 1.70 bits per heavy atom. The second-order valence-electron chi connectivity index (χ2n) is 20.9. The number of anilines is 6. The fourth-order valence-corrected chi connectivity index (χ4v) is 14.3. The quantitative estimate of drug-likeness (QED) is 0.126. The molecule has 10 aromatic rings. The lowest BCUT2D eigenvalue weighted by Crippen LogP contribution is -2.60. The molecule has 0 saturated heterocycles. The fraction of sp³-hybridized carbons (Fsp3) is 0.186. The molecule has 310 valence electrons. The Kier molecular flexibility index (Phi) is 7.78. The molecule has 2 nitrogen and oxygen atoms in total. The maximum atomic E-state index is 2.63. The lowest BCUT2D eigenvalue weighted by Gasteiger charge is -2.42. The molecule has 0 atom stereocenters. The molecule has 0 saturated carbocycles. The molecule has 8 aromatic carbocycles. The smallest absolute Gasteiger partial charge is 0.266 e. The van der Waals surface area contributed by atoms with E-state index in [0.717, 1.165) is 0 Å². The Labute approximate surface area is 384 Å². The van der Waals surface area contributed by atoms with Crippen molar-refractivity contribution in [3.8, 4) is 11.1 Å². The average Bonchev–Trinajstić information content (AvgIpc) is 3.94. The summed E-state index contributed by atoms with van der Waals surface area (Å²) in [6.07, 6.45) is 0. The monoisotopic (exact) mass is 860 g/mol. The number of hydrogen-bond donors (Lipinski definition) is 0. The number of thiophene rings is 2. The summed E-state index contributed by atoms with van der Waals surface area (Å²) in [5.74, 6) is 0. The van der Waals surface area contributed by atoms with E-state index in [2.05, 4.69) is 217 Å². The van der Waals surface area contributed by atoms with E-state index in [1.807, 2.05) is 22.7 Å². The van der Waals surface area contributed by atoms with Crippen molar-refractivity contribution in [2.24, 2.45) is 0 Å². The molecule has 0 fully saturated rings. The lowest BCUT2D eigenvalue weighted by molar-refractivity contribution is 0.590. The molecule has 64 heavy (non-hydrogen) atoms. The summed E-state index contributed by atoms with van der Waals surface area (Å²) in [7, 11) is 0. The number of nitrogens with zero attached hydrogens (tertiary/aromatic N) is 2. The lowest BCUT2D eigenvalue weighted by atomic mass is 9.36. The van der Waals surface area contributed by atoms with Crippen molar-refractivity contribution in [1.29, 1.82) is 0 Å². The van der Waals surface area contributed by atoms with E-state index in [-0.39, 0.29) is 23.0 Å². The number of fused-ring (bicyclic) bond motifs is 16. The molecule has 13 rings (SSSR count). The van der Waals surface area contributed by atoms with Crippen molar-refractivity contribution >= 4 is 120 Å². The molecule has 4 heterocycles. The third-order valence-electron chi connectivity index (χ3n) is 14.8. The molecule has 1 aliphatic carbocycles. The maximum Gasteiger partial charge on any atom is 0.266 e. The van der Waals surface area contributed by atoms with Crippen LogP contribution in [0.15, 0.2) is 152 Å². The van der Waals surface area contributed by atoms with Gasteiger partial charge in [0.15, 0.2) is 0 Å². The van der Waals surface area contributed by atoms with Crippen LogP contribution in [0.3, 0.4) is 0 Å². The topological polar surface area (TPSA) is 6.48 Å². The minimum absolute atomic E-state index is 0.0252. The average molecular weight is 861 g/mol. The van der Waals surface area contributed by atoms with Crippen molar-refractivity contribution in [3.63, 3.8) is 0 Å². The van der Waals surface area contributed by atoms with Gasteiger partial charge in [-0.1, -0.05) is 159 Å². The maximum absolute atomic E-state index is 2.63. The van der Waals surface area contributed by atoms with Crippen molar-refractivity contribution in [2.75, 3.05) is 9.80 Å². The first-order valence-corrected chi connectivity index (χ1v) is 24.4. The molecular weight excluding hydrogens is 812 g/mol. The van der Waals surface area contributed by atoms with Gasteiger partial charge < -0.3 is 9.80 Å². The molecule has 3 aliphatic rings. The van der Waals surface area contributed by atoms with Gasteiger partial charge in [0.2, 0.25) is 0 Å². The second kappa shape index (κ2) is 13.0. The van der Waals surface area contributed by atoms with Gasteiger partial charge in [-0.2, -0.15) is 0 Å². The Balaban J connectivity index is 1.18. The highest BCUT2D eigenvalue weighted by Gasteiger charge is 2.48. The van der Waals surface area contributed by atoms with Crippen molar-refractivity contribution < 1.29 is 0 Å². The third-order valence-corrected chi connectivity index (χ3v) is 17.2. The number of benzene rings is 8. The molecular formula is C59H49BN2S2. The first-order chi connectivity index (χ1) is 30.8. The van der Waals surface area contributed by atoms with Crippen LogP contribution >= 0.6 is 22.7 Å². The van der Waals surface area contributed by atoms with Gasteiger partial charge in [0.05, 0.1) is 10.7 Å². The van der Waals surface area contributed by atoms with Crippen molar-refractivity contribution in [1.82, 2.24) is 0 Å². The van der Waals surface area contributed by atoms with Gasteiger partial charge in [0.1, 0.15) is 0 Å². The van der Waals surface area contributed by atoms with E-state index in [9.17, 15) is 0 Å². The van der Waals surface area contributed by atoms with Crippen molar-refractivity contribution in [2.45, 2.75) is 71.6 Å². The van der Waals surface area contributed by atoms with Crippen LogP contribution in [0.1, 0.15) is 77.6 Å². The van der Waals surface area contributed by atoms with Crippen LogP contribution in [0, 0.1) is 0 Å². The van der Waals surface area contributed by atoms with E-state index in [4.69, 9.17) is 0 Å². The van der Waals surface area contributed by atoms with Crippen LogP contribution < -0.4 is 25.5 Å². The van der Waals surface area contributed by atoms with Crippen LogP contribution in [-0.4, -0.2) is 6.71 Å². The van der Waals surface area contributed by atoms with E-state index in [0.29, 0.717) is 0 Å². The Morgan fingerprint density at radius 1 is 0.484 bits per heavy atom. The van der Waals surface area contributed by atoms with Gasteiger partial charge in [-0.3, -0.25) is 0 Å². The summed E-state index contributed by atoms with van der Waals surface area (Å²) in [5, 5.41) is 9.33. The minimum Gasteiger partial charge on any atom is -0.310 e. The Hall–Kier alpha value is -6.14. The van der Waals surface area contributed by atoms with Crippen LogP contribution in [0.2, 0.25) is 0 Å². The second-order valence-corrected chi connectivity index (χ2v) is 23.0. The molecule has 0 bridgehead atoms. The first kappa shape index (κ1) is 38.3. The molecule has 0 amide bonds. The van der Waals surface area contributed by atoms with Crippen molar-refractivity contribution in [3.05, 3.63) is 174 Å². The highest BCUT2D eigenvalue weighted by atomic mass is 32.1. The SMILES string of the molecule is CC(C)(C)c1ccc(N2c3cccc4c3B(c3sc5cc6c(cc5c3N4c3ccc(C(C)(C)C)cc3)-c3ccccc3C6(C)C)c3c2sc2c4ccccc4c4ccccc4c32)cc1. The minimum atomic E-state index is -0.0895. The largest absolute Gasteiger partial charge is 0.310 e. The molecule has 2 aliphatic heterocycles. The zero-order valence-corrected chi connectivity index (χ0v) is 39.4. The molecule has 0 unspecified atom stereocenters. The Morgan fingerprint density at radius 2 is 1.05 bits per heavy atom. The Bertz CT molecular complexity index is 3610. The van der Waals surface area contributed by atoms with E-state index >= 15 is 0 Å². The molecule has 0 N–H and O–H groups in total. The molecule has 2 aromatic heterocycles. The van der Waals surface area contributed by atoms with E-state index in [1.165, 1.54) is 124 Å². The summed E-state index contributed by atoms with van der Waals surface area (Å²) in [6.45, 7) is 18.7. The highest BCUT2D eigenvalue weighted by molar-refractivity contribution is 7.36. The van der Waals surface area contributed by atoms with Gasteiger partial charge >= 0.3 is 0 Å². The normalized spacial score (nSPS) is 14.9. The van der Waals surface area contributed by atoms with Gasteiger partial charge in [0.25, 0.3) is 6.71 Å². The number of rotatable bonds is 2. The fourth-order valence-electron chi connectivity index (χ4n) is 11.5. The molecule has 0 radical (unpaired) electrons. The standard InChI is InChI=1S/C59H49BN2S2/c1-57(2,3)34-24-28-36(29-25-34)61-47-22-15-23-48-51(47)60(55-53(61)44-32-43-40-18-13-14-21-45(40)59(7,8)46(43)33-49(44)63-55)52-50-41-19-11-9-16-38(41)39-17-10-12-20-42(39)54(50)64-56(52)62(48)37-30-26-35(27-31-37)58(4,5)6/h9-33H,1-8H3. The number of hydrogen-bond acceptors (Lipinski definition) is 4. The van der Waals surface area contributed by atoms with Gasteiger partial charge in [-0.15, -0.1) is 22.7 Å². The summed E-state index contributed by atoms with van der Waals surface area (Å²) >= 11 is 4.00. The predicted octanol–water partition coefficient (Wildman–Crippen LogP) is 15.4. The predicted molar refractivity (Wildman–Crippen MR) is 281 cm³/mol. The van der Waals surface area contributed by atoms with E-state index in [1.54, 1.807) is 0 Å². The summed E-state index contributed by atoms with van der Waals surface area (Å²) in [6, 6.07) is 58.4. The first-order valence-electron chi connectivity index (χ1n) is 22.8. The summed E-state index contributed by atoms with van der Waals surface area (Å²) in [4.78, 5) is 5.24. The van der Waals surface area contributed by atoms with E-state index < -0.39 is 0 Å². The van der Waals surface area contributed by atoms with Gasteiger partial charge in [-0.25, -0.2) is 0 Å². The van der Waals surface area contributed by atoms with Crippen LogP contribution in [-0.2, 0) is 16.2 Å². The zero-order chi connectivity index (χ0) is 43.6. The summed E-state index contributed by atoms with van der Waals surface area (Å²) < 4.78 is 4.14. The highest BCUT2D eigenvalue weighted by Crippen LogP contribution is 2.55. The summed E-state index contributed by atoms with van der Waals surface area (Å²) in [5.41, 5.74) is 17.3. The zero-order valence-electron chi connectivity index (χ0n) is 37.7. The van der Waals surface area contributed by atoms with Gasteiger partial charge in [-0.05, 0) is 125 Å². The molecule has 5 heteroatoms. The van der Waals surface area contributed by atoms with Crippen LogP contribution in [0.5, 0.6) is 0 Å². The van der Waals surface area contributed by atoms with Crippen LogP contribution in [0.25, 0.3) is 52.8 Å². The molecule has 0 spiro atoms. The van der Waals surface area contributed by atoms with Crippen LogP contribution in [0.4, 0.5) is 33.4 Å². The third kappa shape index (κ3) is 5.14.